The number of nitrogens with zero attached hydrogens (tertiary/aromatic N) is 1. The molecule has 2 amide bonds. The van der Waals surface area contributed by atoms with Crippen molar-refractivity contribution in [1.29, 1.82) is 0 Å². The topological polar surface area (TPSA) is 94.2 Å². The molecule has 0 saturated carbocycles. The van der Waals surface area contributed by atoms with Crippen molar-refractivity contribution in [2.45, 2.75) is 0 Å². The summed E-state index contributed by atoms with van der Waals surface area (Å²) in [7, 11) is 2.91. The van der Waals surface area contributed by atoms with E-state index in [4.69, 9.17) is 25.8 Å². The van der Waals surface area contributed by atoms with Gasteiger partial charge in [-0.05, 0) is 24.3 Å². The molecule has 2 aromatic carbocycles. The van der Waals surface area contributed by atoms with Crippen molar-refractivity contribution in [2.24, 2.45) is 0 Å². The van der Waals surface area contributed by atoms with Gasteiger partial charge in [0.1, 0.15) is 0 Å². The molecule has 0 saturated heterocycles. The Kier molecular flexibility index (Phi) is 8.29. The maximum absolute atomic E-state index is 12.1. The van der Waals surface area contributed by atoms with Crippen molar-refractivity contribution in [3.05, 3.63) is 53.6 Å². The SMILES string of the molecule is COc1ccccc1OCC(=O)OCC(=O)N(C)CC(=O)Nc1ccccc1Cl. The lowest BCUT2D eigenvalue weighted by atomic mass is 10.3. The Labute approximate surface area is 173 Å². The van der Waals surface area contributed by atoms with Gasteiger partial charge in [0.25, 0.3) is 5.91 Å². The monoisotopic (exact) mass is 420 g/mol. The molecule has 9 heteroatoms. The molecule has 0 heterocycles. The Morgan fingerprint density at radius 2 is 1.66 bits per heavy atom. The molecule has 8 nitrogen and oxygen atoms in total. The number of para-hydroxylation sites is 3. The van der Waals surface area contributed by atoms with Crippen LogP contribution in [0.1, 0.15) is 0 Å². The summed E-state index contributed by atoms with van der Waals surface area (Å²) in [6.07, 6.45) is 0. The molecule has 0 bridgehead atoms. The van der Waals surface area contributed by atoms with Gasteiger partial charge >= 0.3 is 5.97 Å². The molecular weight excluding hydrogens is 400 g/mol. The molecule has 0 unspecified atom stereocenters. The van der Waals surface area contributed by atoms with E-state index in [9.17, 15) is 14.4 Å². The summed E-state index contributed by atoms with van der Waals surface area (Å²) < 4.78 is 15.3. The number of hydrogen-bond acceptors (Lipinski definition) is 6. The van der Waals surface area contributed by atoms with Crippen LogP contribution in [0, 0.1) is 0 Å². The number of rotatable bonds is 9. The number of esters is 1. The Balaban J connectivity index is 1.74. The van der Waals surface area contributed by atoms with E-state index in [1.165, 1.54) is 14.2 Å². The number of carbonyl (C=O) groups excluding carboxylic acids is 3. The van der Waals surface area contributed by atoms with E-state index in [1.807, 2.05) is 0 Å². The molecule has 0 radical (unpaired) electrons. The van der Waals surface area contributed by atoms with Crippen molar-refractivity contribution in [2.75, 3.05) is 39.2 Å². The quantitative estimate of drug-likeness (QED) is 0.626. The van der Waals surface area contributed by atoms with Crippen molar-refractivity contribution in [3.63, 3.8) is 0 Å². The van der Waals surface area contributed by atoms with Crippen LogP contribution in [-0.2, 0) is 19.1 Å². The minimum Gasteiger partial charge on any atom is -0.493 e. The number of halogens is 1. The largest absolute Gasteiger partial charge is 0.493 e. The van der Waals surface area contributed by atoms with Gasteiger partial charge in [0.15, 0.2) is 24.7 Å². The number of nitrogens with one attached hydrogen (secondary N) is 1. The van der Waals surface area contributed by atoms with Gasteiger partial charge in [-0.25, -0.2) is 4.79 Å². The molecule has 0 spiro atoms. The van der Waals surface area contributed by atoms with E-state index in [1.54, 1.807) is 48.5 Å². The highest BCUT2D eigenvalue weighted by atomic mass is 35.5. The van der Waals surface area contributed by atoms with Crippen molar-refractivity contribution in [3.8, 4) is 11.5 Å². The number of ether oxygens (including phenoxy) is 3. The van der Waals surface area contributed by atoms with Crippen molar-refractivity contribution >= 4 is 35.1 Å². The number of hydrogen-bond donors (Lipinski definition) is 1. The molecule has 0 fully saturated rings. The van der Waals surface area contributed by atoms with E-state index in [0.29, 0.717) is 22.2 Å². The highest BCUT2D eigenvalue weighted by Crippen LogP contribution is 2.25. The molecule has 0 aliphatic heterocycles. The summed E-state index contributed by atoms with van der Waals surface area (Å²) in [5.41, 5.74) is 0.444. The molecule has 2 aromatic rings. The Bertz CT molecular complexity index is 874. The van der Waals surface area contributed by atoms with E-state index in [2.05, 4.69) is 5.32 Å². The lowest BCUT2D eigenvalue weighted by Crippen LogP contribution is -2.37. The minimum absolute atomic E-state index is 0.223. The van der Waals surface area contributed by atoms with Crippen LogP contribution in [0.25, 0.3) is 0 Å². The van der Waals surface area contributed by atoms with Gasteiger partial charge < -0.3 is 24.4 Å². The van der Waals surface area contributed by atoms with E-state index >= 15 is 0 Å². The first-order chi connectivity index (χ1) is 13.9. The third-order valence-electron chi connectivity index (χ3n) is 3.73. The van der Waals surface area contributed by atoms with Gasteiger partial charge in [-0.1, -0.05) is 35.9 Å². The number of carbonyl (C=O) groups is 3. The second-order valence-corrected chi connectivity index (χ2v) is 6.29. The molecular formula is C20H21ClN2O6. The first kappa shape index (κ1) is 22.0. The zero-order chi connectivity index (χ0) is 21.2. The average molecular weight is 421 g/mol. The second-order valence-electron chi connectivity index (χ2n) is 5.88. The van der Waals surface area contributed by atoms with Gasteiger partial charge in [0, 0.05) is 7.05 Å². The molecule has 0 aromatic heterocycles. The van der Waals surface area contributed by atoms with Gasteiger partial charge in [0.2, 0.25) is 5.91 Å². The van der Waals surface area contributed by atoms with Crippen LogP contribution in [0.5, 0.6) is 11.5 Å². The fourth-order valence-electron chi connectivity index (χ4n) is 2.22. The zero-order valence-corrected chi connectivity index (χ0v) is 16.8. The standard InChI is InChI=1S/C20H21ClN2O6/c1-23(11-18(24)22-15-8-4-3-7-14(15)21)19(25)12-29-20(26)13-28-17-10-6-5-9-16(17)27-2/h3-10H,11-13H2,1-2H3,(H,22,24). The number of anilines is 1. The van der Waals surface area contributed by atoms with Crippen LogP contribution in [0.2, 0.25) is 5.02 Å². The van der Waals surface area contributed by atoms with E-state index in [0.717, 1.165) is 4.90 Å². The van der Waals surface area contributed by atoms with Gasteiger partial charge in [-0.15, -0.1) is 0 Å². The highest BCUT2D eigenvalue weighted by molar-refractivity contribution is 6.33. The predicted octanol–water partition coefficient (Wildman–Crippen LogP) is 2.37. The first-order valence-electron chi connectivity index (χ1n) is 8.60. The summed E-state index contributed by atoms with van der Waals surface area (Å²) in [6.45, 7) is -1.12. The summed E-state index contributed by atoms with van der Waals surface area (Å²) in [4.78, 5) is 37.0. The average Bonchev–Trinajstić information content (AvgIpc) is 2.72. The van der Waals surface area contributed by atoms with Crippen LogP contribution in [-0.4, -0.2) is 56.6 Å². The van der Waals surface area contributed by atoms with Crippen molar-refractivity contribution < 1.29 is 28.6 Å². The number of methoxy groups -OCH3 is 1. The van der Waals surface area contributed by atoms with Crippen molar-refractivity contribution in [1.82, 2.24) is 4.90 Å². The van der Waals surface area contributed by atoms with Crippen LogP contribution >= 0.6 is 11.6 Å². The summed E-state index contributed by atoms with van der Waals surface area (Å²) in [5, 5.41) is 2.99. The van der Waals surface area contributed by atoms with Gasteiger partial charge in [-0.2, -0.15) is 0 Å². The molecule has 154 valence electrons. The number of likely N-dealkylation sites (N-methyl/N-ethyl adjacent to an activating group) is 1. The third kappa shape index (κ3) is 7.00. The fraction of sp³-hybridized carbons (Fsp3) is 0.250. The molecule has 0 aliphatic carbocycles. The molecule has 2 rings (SSSR count). The smallest absolute Gasteiger partial charge is 0.344 e. The summed E-state index contributed by atoms with van der Waals surface area (Å²) in [6, 6.07) is 13.6. The van der Waals surface area contributed by atoms with E-state index < -0.39 is 24.4 Å². The normalized spacial score (nSPS) is 10.0. The lowest BCUT2D eigenvalue weighted by Gasteiger charge is -2.17. The molecule has 0 aliphatic rings. The molecule has 0 atom stereocenters. The molecule has 29 heavy (non-hydrogen) atoms. The van der Waals surface area contributed by atoms with Gasteiger partial charge in [-0.3, -0.25) is 9.59 Å². The molecule has 1 N–H and O–H groups in total. The van der Waals surface area contributed by atoms with Crippen LogP contribution in [0.15, 0.2) is 48.5 Å². The highest BCUT2D eigenvalue weighted by Gasteiger charge is 2.16. The van der Waals surface area contributed by atoms with Gasteiger partial charge in [0.05, 0.1) is 24.4 Å². The Morgan fingerprint density at radius 1 is 1.00 bits per heavy atom. The fourth-order valence-corrected chi connectivity index (χ4v) is 2.41. The minimum atomic E-state index is -0.724. The zero-order valence-electron chi connectivity index (χ0n) is 16.0. The van der Waals surface area contributed by atoms with Crippen LogP contribution < -0.4 is 14.8 Å². The van der Waals surface area contributed by atoms with Crippen LogP contribution in [0.4, 0.5) is 5.69 Å². The maximum Gasteiger partial charge on any atom is 0.344 e. The lowest BCUT2D eigenvalue weighted by molar-refractivity contribution is -0.153. The van der Waals surface area contributed by atoms with E-state index in [-0.39, 0.29) is 13.2 Å². The number of amides is 2. The third-order valence-corrected chi connectivity index (χ3v) is 4.06. The maximum atomic E-state index is 12.1. The van der Waals surface area contributed by atoms with Crippen LogP contribution in [0.3, 0.4) is 0 Å². The Hall–Kier alpha value is -3.26. The predicted molar refractivity (Wildman–Crippen MR) is 107 cm³/mol. The number of benzene rings is 2. The summed E-state index contributed by atoms with van der Waals surface area (Å²) >= 11 is 5.97. The Morgan fingerprint density at radius 3 is 2.34 bits per heavy atom. The second kappa shape index (κ2) is 10.9. The summed E-state index contributed by atoms with van der Waals surface area (Å²) in [5.74, 6) is -0.838. The first-order valence-corrected chi connectivity index (χ1v) is 8.98.